The Kier molecular flexibility index (Phi) is 2.76. The van der Waals surface area contributed by atoms with Crippen molar-refractivity contribution in [1.82, 2.24) is 4.90 Å². The summed E-state index contributed by atoms with van der Waals surface area (Å²) in [5.74, 6) is 0.0170. The fourth-order valence-electron chi connectivity index (χ4n) is 0.862. The summed E-state index contributed by atoms with van der Waals surface area (Å²) >= 11 is 4.13. The molecule has 12 heavy (non-hydrogen) atoms. The summed E-state index contributed by atoms with van der Waals surface area (Å²) in [7, 11) is 3.47. The lowest BCUT2D eigenvalue weighted by atomic mass is 10.2. The van der Waals surface area contributed by atoms with Crippen LogP contribution in [0.5, 0.6) is 0 Å². The molecule has 1 aromatic carbocycles. The van der Waals surface area contributed by atoms with Crippen LogP contribution in [0.15, 0.2) is 29.2 Å². The Hall–Kier alpha value is -0.960. The monoisotopic (exact) mass is 181 g/mol. The van der Waals surface area contributed by atoms with Crippen molar-refractivity contribution in [1.29, 1.82) is 0 Å². The van der Waals surface area contributed by atoms with Crippen molar-refractivity contribution >= 4 is 18.5 Å². The van der Waals surface area contributed by atoms with Crippen LogP contribution in [0.25, 0.3) is 0 Å². The van der Waals surface area contributed by atoms with E-state index in [1.165, 1.54) is 0 Å². The van der Waals surface area contributed by atoms with Gasteiger partial charge in [0.25, 0.3) is 5.91 Å². The van der Waals surface area contributed by atoms with E-state index in [2.05, 4.69) is 12.6 Å². The molecule has 1 rings (SSSR count). The van der Waals surface area contributed by atoms with E-state index in [1.54, 1.807) is 43.3 Å². The van der Waals surface area contributed by atoms with Crippen molar-refractivity contribution in [3.63, 3.8) is 0 Å². The molecule has 0 unspecified atom stereocenters. The molecule has 0 bridgehead atoms. The van der Waals surface area contributed by atoms with Crippen molar-refractivity contribution in [3.8, 4) is 0 Å². The van der Waals surface area contributed by atoms with E-state index >= 15 is 0 Å². The number of hydrogen-bond acceptors (Lipinski definition) is 2. The molecule has 0 atom stereocenters. The van der Waals surface area contributed by atoms with Crippen LogP contribution in [0.1, 0.15) is 10.4 Å². The predicted octanol–water partition coefficient (Wildman–Crippen LogP) is 1.68. The third-order valence-electron chi connectivity index (χ3n) is 1.52. The minimum Gasteiger partial charge on any atom is -0.345 e. The Labute approximate surface area is 77.6 Å². The summed E-state index contributed by atoms with van der Waals surface area (Å²) in [4.78, 5) is 13.8. The van der Waals surface area contributed by atoms with Crippen LogP contribution in [0.4, 0.5) is 0 Å². The molecule has 0 radical (unpaired) electrons. The first kappa shape index (κ1) is 9.13. The molecule has 1 aromatic rings. The molecule has 3 heteroatoms. The molecule has 0 saturated carbocycles. The molecule has 0 aromatic heterocycles. The van der Waals surface area contributed by atoms with Gasteiger partial charge in [0.1, 0.15) is 0 Å². The van der Waals surface area contributed by atoms with Gasteiger partial charge < -0.3 is 4.90 Å². The zero-order valence-corrected chi connectivity index (χ0v) is 8.01. The number of carbonyl (C=O) groups is 1. The molecule has 0 aliphatic heterocycles. The first-order valence-corrected chi connectivity index (χ1v) is 4.06. The third-order valence-corrected chi connectivity index (χ3v) is 1.82. The summed E-state index contributed by atoms with van der Waals surface area (Å²) in [5, 5.41) is 0. The Balaban J connectivity index is 2.90. The van der Waals surface area contributed by atoms with Crippen LogP contribution in [-0.2, 0) is 0 Å². The van der Waals surface area contributed by atoms with Gasteiger partial charge in [-0.25, -0.2) is 0 Å². The van der Waals surface area contributed by atoms with Gasteiger partial charge in [-0.1, -0.05) is 0 Å². The SMILES string of the molecule is CN(C)C(=O)c1ccc(S)cc1. The quantitative estimate of drug-likeness (QED) is 0.653. The maximum absolute atomic E-state index is 11.4. The molecule has 0 saturated heterocycles. The molecule has 1 amide bonds. The molecule has 0 spiro atoms. The summed E-state index contributed by atoms with van der Waals surface area (Å²) in [5.41, 5.74) is 0.692. The number of hydrogen-bond donors (Lipinski definition) is 1. The number of rotatable bonds is 1. The standard InChI is InChI=1S/C9H11NOS/c1-10(2)9(11)7-3-5-8(12)6-4-7/h3-6,12H,1-2H3. The van der Waals surface area contributed by atoms with Gasteiger partial charge >= 0.3 is 0 Å². The van der Waals surface area contributed by atoms with Crippen LogP contribution in [0.3, 0.4) is 0 Å². The minimum absolute atomic E-state index is 0.0170. The Morgan fingerprint density at radius 2 is 1.75 bits per heavy atom. The maximum Gasteiger partial charge on any atom is 0.253 e. The number of amides is 1. The average Bonchev–Trinajstić information content (AvgIpc) is 2.04. The van der Waals surface area contributed by atoms with Crippen LogP contribution in [0.2, 0.25) is 0 Å². The minimum atomic E-state index is 0.0170. The van der Waals surface area contributed by atoms with Gasteiger partial charge in [0, 0.05) is 24.6 Å². The topological polar surface area (TPSA) is 20.3 Å². The van der Waals surface area contributed by atoms with Crippen LogP contribution >= 0.6 is 12.6 Å². The molecule has 64 valence electrons. The molecule has 0 heterocycles. The van der Waals surface area contributed by atoms with Gasteiger partial charge in [0.2, 0.25) is 0 Å². The van der Waals surface area contributed by atoms with Gasteiger partial charge in [-0.15, -0.1) is 12.6 Å². The summed E-state index contributed by atoms with van der Waals surface area (Å²) in [6.07, 6.45) is 0. The van der Waals surface area contributed by atoms with Crippen molar-refractivity contribution < 1.29 is 4.79 Å². The largest absolute Gasteiger partial charge is 0.345 e. The zero-order chi connectivity index (χ0) is 9.14. The normalized spacial score (nSPS) is 9.58. The van der Waals surface area contributed by atoms with E-state index in [-0.39, 0.29) is 5.91 Å². The van der Waals surface area contributed by atoms with Gasteiger partial charge in [0.15, 0.2) is 0 Å². The maximum atomic E-state index is 11.4. The Bertz CT molecular complexity index is 279. The second-order valence-electron chi connectivity index (χ2n) is 2.75. The number of benzene rings is 1. The van der Waals surface area contributed by atoms with Crippen LogP contribution in [-0.4, -0.2) is 24.9 Å². The highest BCUT2D eigenvalue weighted by atomic mass is 32.1. The van der Waals surface area contributed by atoms with Crippen molar-refractivity contribution in [2.24, 2.45) is 0 Å². The second kappa shape index (κ2) is 3.63. The molecule has 0 aliphatic rings. The lowest BCUT2D eigenvalue weighted by molar-refractivity contribution is 0.0827. The summed E-state index contributed by atoms with van der Waals surface area (Å²) in [6, 6.07) is 7.15. The van der Waals surface area contributed by atoms with Gasteiger partial charge in [-0.3, -0.25) is 4.79 Å². The van der Waals surface area contributed by atoms with Crippen LogP contribution < -0.4 is 0 Å². The predicted molar refractivity (Wildman–Crippen MR) is 51.7 cm³/mol. The highest BCUT2D eigenvalue weighted by Crippen LogP contribution is 2.08. The number of carbonyl (C=O) groups excluding carboxylic acids is 1. The highest BCUT2D eigenvalue weighted by molar-refractivity contribution is 7.80. The molecule has 0 fully saturated rings. The van der Waals surface area contributed by atoms with E-state index in [4.69, 9.17) is 0 Å². The van der Waals surface area contributed by atoms with E-state index in [0.29, 0.717) is 5.56 Å². The van der Waals surface area contributed by atoms with E-state index in [1.807, 2.05) is 0 Å². The van der Waals surface area contributed by atoms with Gasteiger partial charge in [-0.05, 0) is 24.3 Å². The summed E-state index contributed by atoms with van der Waals surface area (Å²) < 4.78 is 0. The van der Waals surface area contributed by atoms with E-state index in [9.17, 15) is 4.79 Å². The first-order valence-electron chi connectivity index (χ1n) is 3.62. The van der Waals surface area contributed by atoms with Gasteiger partial charge in [-0.2, -0.15) is 0 Å². The lowest BCUT2D eigenvalue weighted by Crippen LogP contribution is -2.21. The first-order chi connectivity index (χ1) is 5.61. The number of thiol groups is 1. The lowest BCUT2D eigenvalue weighted by Gasteiger charge is -2.09. The average molecular weight is 181 g/mol. The third kappa shape index (κ3) is 2.01. The fraction of sp³-hybridized carbons (Fsp3) is 0.222. The molecular formula is C9H11NOS. The molecule has 0 N–H and O–H groups in total. The fourth-order valence-corrected chi connectivity index (χ4v) is 1.01. The van der Waals surface area contributed by atoms with E-state index < -0.39 is 0 Å². The van der Waals surface area contributed by atoms with Crippen LogP contribution in [0, 0.1) is 0 Å². The Morgan fingerprint density at radius 3 is 2.17 bits per heavy atom. The second-order valence-corrected chi connectivity index (χ2v) is 3.26. The molecule has 2 nitrogen and oxygen atoms in total. The smallest absolute Gasteiger partial charge is 0.253 e. The van der Waals surface area contributed by atoms with Gasteiger partial charge in [0.05, 0.1) is 0 Å². The van der Waals surface area contributed by atoms with E-state index in [0.717, 1.165) is 4.90 Å². The molecule has 0 aliphatic carbocycles. The highest BCUT2D eigenvalue weighted by Gasteiger charge is 2.05. The summed E-state index contributed by atoms with van der Waals surface area (Å²) in [6.45, 7) is 0. The van der Waals surface area contributed by atoms with Crippen molar-refractivity contribution in [3.05, 3.63) is 29.8 Å². The molecular weight excluding hydrogens is 170 g/mol. The van der Waals surface area contributed by atoms with Crippen molar-refractivity contribution in [2.45, 2.75) is 4.90 Å². The number of nitrogens with zero attached hydrogens (tertiary/aromatic N) is 1. The van der Waals surface area contributed by atoms with Crippen molar-refractivity contribution in [2.75, 3.05) is 14.1 Å². The Morgan fingerprint density at radius 1 is 1.25 bits per heavy atom. The zero-order valence-electron chi connectivity index (χ0n) is 7.11.